The van der Waals surface area contributed by atoms with Gasteiger partial charge in [-0.15, -0.1) is 0 Å². The number of benzene rings is 1. The molecule has 0 fully saturated rings. The molecule has 0 aliphatic rings. The molecule has 2 rings (SSSR count). The second kappa shape index (κ2) is 4.18. The van der Waals surface area contributed by atoms with E-state index in [4.69, 9.17) is 10.5 Å². The van der Waals surface area contributed by atoms with Crippen molar-refractivity contribution >= 4 is 5.69 Å². The van der Waals surface area contributed by atoms with Crippen molar-refractivity contribution in [1.29, 1.82) is 0 Å². The first kappa shape index (κ1) is 10.4. The standard InChI is InChI=1S/C12H11FN2O/c1-16-12-6-8(13)2-3-10(12)9-4-5-15-7-11(9)14/h2-7H,14H2,1H3. The summed E-state index contributed by atoms with van der Waals surface area (Å²) in [5.74, 6) is 0.117. The minimum Gasteiger partial charge on any atom is -0.496 e. The number of halogens is 1. The van der Waals surface area contributed by atoms with E-state index in [2.05, 4.69) is 4.98 Å². The lowest BCUT2D eigenvalue weighted by atomic mass is 10.0. The van der Waals surface area contributed by atoms with E-state index in [1.165, 1.54) is 19.2 Å². The Balaban J connectivity index is 2.60. The highest BCUT2D eigenvalue weighted by Gasteiger charge is 2.09. The Hall–Kier alpha value is -2.10. The first-order valence-electron chi connectivity index (χ1n) is 4.76. The van der Waals surface area contributed by atoms with Crippen molar-refractivity contribution in [2.24, 2.45) is 0 Å². The second-order valence-corrected chi connectivity index (χ2v) is 3.31. The highest BCUT2D eigenvalue weighted by Crippen LogP contribution is 2.33. The molecule has 0 saturated heterocycles. The van der Waals surface area contributed by atoms with Crippen LogP contribution < -0.4 is 10.5 Å². The molecule has 1 aromatic carbocycles. The fraction of sp³-hybridized carbons (Fsp3) is 0.0833. The number of nitrogens with two attached hydrogens (primary N) is 1. The van der Waals surface area contributed by atoms with E-state index >= 15 is 0 Å². The van der Waals surface area contributed by atoms with E-state index in [-0.39, 0.29) is 5.82 Å². The summed E-state index contributed by atoms with van der Waals surface area (Å²) in [6, 6.07) is 6.11. The summed E-state index contributed by atoms with van der Waals surface area (Å²) < 4.78 is 18.1. The van der Waals surface area contributed by atoms with Crippen LogP contribution in [-0.2, 0) is 0 Å². The zero-order valence-electron chi connectivity index (χ0n) is 8.77. The zero-order valence-corrected chi connectivity index (χ0v) is 8.77. The molecule has 1 heterocycles. The van der Waals surface area contributed by atoms with Gasteiger partial charge in [0.15, 0.2) is 0 Å². The normalized spacial score (nSPS) is 10.1. The number of rotatable bonds is 2. The molecule has 0 bridgehead atoms. The Bertz CT molecular complexity index is 514. The molecule has 82 valence electrons. The minimum atomic E-state index is -0.340. The van der Waals surface area contributed by atoms with E-state index in [1.54, 1.807) is 24.5 Å². The Labute approximate surface area is 92.7 Å². The molecule has 0 atom stereocenters. The molecular formula is C12H11FN2O. The number of methoxy groups -OCH3 is 1. The number of pyridine rings is 1. The maximum atomic E-state index is 13.0. The zero-order chi connectivity index (χ0) is 11.5. The van der Waals surface area contributed by atoms with Crippen molar-refractivity contribution in [3.63, 3.8) is 0 Å². The summed E-state index contributed by atoms with van der Waals surface area (Å²) in [6.45, 7) is 0. The van der Waals surface area contributed by atoms with Gasteiger partial charge < -0.3 is 10.5 Å². The number of hydrogen-bond donors (Lipinski definition) is 1. The Morgan fingerprint density at radius 1 is 1.25 bits per heavy atom. The van der Waals surface area contributed by atoms with Crippen LogP contribution in [0.2, 0.25) is 0 Å². The molecule has 0 saturated carbocycles. The van der Waals surface area contributed by atoms with Gasteiger partial charge in [-0.2, -0.15) is 0 Å². The van der Waals surface area contributed by atoms with Crippen LogP contribution >= 0.6 is 0 Å². The van der Waals surface area contributed by atoms with Crippen LogP contribution in [0.1, 0.15) is 0 Å². The maximum absolute atomic E-state index is 13.0. The Morgan fingerprint density at radius 3 is 2.75 bits per heavy atom. The molecule has 0 aliphatic heterocycles. The summed E-state index contributed by atoms with van der Waals surface area (Å²) in [7, 11) is 1.50. The quantitative estimate of drug-likeness (QED) is 0.842. The predicted molar refractivity (Wildman–Crippen MR) is 60.6 cm³/mol. The van der Waals surface area contributed by atoms with E-state index in [0.29, 0.717) is 11.4 Å². The van der Waals surface area contributed by atoms with Crippen LogP contribution in [0.25, 0.3) is 11.1 Å². The van der Waals surface area contributed by atoms with Crippen LogP contribution in [0.4, 0.5) is 10.1 Å². The molecule has 0 spiro atoms. The summed E-state index contributed by atoms with van der Waals surface area (Å²) in [6.07, 6.45) is 3.19. The fourth-order valence-electron chi connectivity index (χ4n) is 1.54. The number of anilines is 1. The predicted octanol–water partition coefficient (Wildman–Crippen LogP) is 2.48. The van der Waals surface area contributed by atoms with E-state index in [0.717, 1.165) is 11.1 Å². The Morgan fingerprint density at radius 2 is 2.06 bits per heavy atom. The van der Waals surface area contributed by atoms with Crippen LogP contribution in [-0.4, -0.2) is 12.1 Å². The molecule has 3 nitrogen and oxygen atoms in total. The number of ether oxygens (including phenoxy) is 1. The van der Waals surface area contributed by atoms with Crippen molar-refractivity contribution in [1.82, 2.24) is 4.98 Å². The molecule has 0 amide bonds. The van der Waals surface area contributed by atoms with Gasteiger partial charge in [0.2, 0.25) is 0 Å². The molecule has 2 aromatic rings. The number of aromatic nitrogens is 1. The van der Waals surface area contributed by atoms with Gasteiger partial charge in [-0.3, -0.25) is 4.98 Å². The lowest BCUT2D eigenvalue weighted by Crippen LogP contribution is -1.94. The van der Waals surface area contributed by atoms with Gasteiger partial charge in [0, 0.05) is 23.4 Å². The van der Waals surface area contributed by atoms with Crippen LogP contribution in [0.5, 0.6) is 5.75 Å². The van der Waals surface area contributed by atoms with E-state index in [1.807, 2.05) is 0 Å². The second-order valence-electron chi connectivity index (χ2n) is 3.31. The average molecular weight is 218 g/mol. The largest absolute Gasteiger partial charge is 0.496 e. The van der Waals surface area contributed by atoms with E-state index in [9.17, 15) is 4.39 Å². The topological polar surface area (TPSA) is 48.1 Å². The highest BCUT2D eigenvalue weighted by atomic mass is 19.1. The molecule has 0 aliphatic carbocycles. The average Bonchev–Trinajstić information content (AvgIpc) is 2.30. The summed E-state index contributed by atoms with van der Waals surface area (Å²) in [5.41, 5.74) is 7.87. The third-order valence-corrected chi connectivity index (χ3v) is 2.31. The Kier molecular flexibility index (Phi) is 2.72. The molecule has 0 unspecified atom stereocenters. The van der Waals surface area contributed by atoms with Crippen LogP contribution in [0, 0.1) is 5.82 Å². The molecule has 0 radical (unpaired) electrons. The monoisotopic (exact) mass is 218 g/mol. The van der Waals surface area contributed by atoms with Gasteiger partial charge in [-0.1, -0.05) is 0 Å². The lowest BCUT2D eigenvalue weighted by Gasteiger charge is -2.10. The molecule has 1 aromatic heterocycles. The van der Waals surface area contributed by atoms with Crippen molar-refractivity contribution in [2.75, 3.05) is 12.8 Å². The van der Waals surface area contributed by atoms with Crippen molar-refractivity contribution in [3.05, 3.63) is 42.5 Å². The highest BCUT2D eigenvalue weighted by molar-refractivity contribution is 5.79. The van der Waals surface area contributed by atoms with E-state index < -0.39 is 0 Å². The number of nitrogens with zero attached hydrogens (tertiary/aromatic N) is 1. The van der Waals surface area contributed by atoms with Gasteiger partial charge in [-0.25, -0.2) is 4.39 Å². The third kappa shape index (κ3) is 1.82. The van der Waals surface area contributed by atoms with Gasteiger partial charge >= 0.3 is 0 Å². The van der Waals surface area contributed by atoms with Crippen molar-refractivity contribution in [2.45, 2.75) is 0 Å². The first-order chi connectivity index (χ1) is 7.72. The SMILES string of the molecule is COc1cc(F)ccc1-c1ccncc1N. The summed E-state index contributed by atoms with van der Waals surface area (Å²) in [5, 5.41) is 0. The summed E-state index contributed by atoms with van der Waals surface area (Å²) >= 11 is 0. The molecule has 4 heteroatoms. The molecular weight excluding hydrogens is 207 g/mol. The van der Waals surface area contributed by atoms with Crippen molar-refractivity contribution in [3.8, 4) is 16.9 Å². The molecule has 16 heavy (non-hydrogen) atoms. The summed E-state index contributed by atoms with van der Waals surface area (Å²) in [4.78, 5) is 3.90. The minimum absolute atomic E-state index is 0.340. The lowest BCUT2D eigenvalue weighted by molar-refractivity contribution is 0.413. The number of hydrogen-bond acceptors (Lipinski definition) is 3. The van der Waals surface area contributed by atoms with Gasteiger partial charge in [0.25, 0.3) is 0 Å². The third-order valence-electron chi connectivity index (χ3n) is 2.31. The van der Waals surface area contributed by atoms with Crippen LogP contribution in [0.3, 0.4) is 0 Å². The maximum Gasteiger partial charge on any atom is 0.129 e. The van der Waals surface area contributed by atoms with Crippen molar-refractivity contribution < 1.29 is 9.13 Å². The molecule has 2 N–H and O–H groups in total. The fourth-order valence-corrected chi connectivity index (χ4v) is 1.54. The van der Waals surface area contributed by atoms with Gasteiger partial charge in [-0.05, 0) is 18.2 Å². The smallest absolute Gasteiger partial charge is 0.129 e. The van der Waals surface area contributed by atoms with Crippen LogP contribution in [0.15, 0.2) is 36.7 Å². The van der Waals surface area contributed by atoms with Gasteiger partial charge in [0.05, 0.1) is 19.0 Å². The first-order valence-corrected chi connectivity index (χ1v) is 4.76. The number of nitrogen functional groups attached to an aromatic ring is 1. The van der Waals surface area contributed by atoms with Gasteiger partial charge in [0.1, 0.15) is 11.6 Å².